The smallest absolute Gasteiger partial charge is 0.265 e. The van der Waals surface area contributed by atoms with Crippen LogP contribution in [0.25, 0.3) is 0 Å². The van der Waals surface area contributed by atoms with E-state index in [9.17, 15) is 14.4 Å². The van der Waals surface area contributed by atoms with Crippen molar-refractivity contribution >= 4 is 52.0 Å². The SMILES string of the molecule is COc1ccc(CN2Cc3cccc(NC(=O)c4ccc(Cl)s4)c3C2=O)cc1N1CCOCC1=O. The molecule has 0 saturated carbocycles. The van der Waals surface area contributed by atoms with Crippen molar-refractivity contribution in [2.24, 2.45) is 0 Å². The zero-order chi connectivity index (χ0) is 24.5. The molecule has 10 heteroatoms. The van der Waals surface area contributed by atoms with E-state index in [1.54, 1.807) is 41.2 Å². The number of morpholine rings is 1. The van der Waals surface area contributed by atoms with Gasteiger partial charge in [-0.3, -0.25) is 14.4 Å². The van der Waals surface area contributed by atoms with Crippen molar-refractivity contribution in [3.8, 4) is 5.75 Å². The molecule has 1 fully saturated rings. The Balaban J connectivity index is 1.37. The van der Waals surface area contributed by atoms with Crippen molar-refractivity contribution < 1.29 is 23.9 Å². The maximum Gasteiger partial charge on any atom is 0.265 e. The van der Waals surface area contributed by atoms with Crippen LogP contribution in [0.4, 0.5) is 11.4 Å². The molecule has 3 amide bonds. The third-order valence-electron chi connectivity index (χ3n) is 5.95. The van der Waals surface area contributed by atoms with Crippen LogP contribution in [-0.2, 0) is 22.6 Å². The molecule has 180 valence electrons. The lowest BCUT2D eigenvalue weighted by Crippen LogP contribution is -2.41. The molecule has 0 bridgehead atoms. The summed E-state index contributed by atoms with van der Waals surface area (Å²) in [7, 11) is 1.56. The number of benzene rings is 2. The second-order valence-electron chi connectivity index (χ2n) is 8.16. The van der Waals surface area contributed by atoms with Crippen LogP contribution in [0.1, 0.15) is 31.2 Å². The molecule has 1 aromatic heterocycles. The number of fused-ring (bicyclic) bond motifs is 1. The van der Waals surface area contributed by atoms with Crippen LogP contribution < -0.4 is 15.0 Å². The van der Waals surface area contributed by atoms with Gasteiger partial charge < -0.3 is 24.6 Å². The van der Waals surface area contributed by atoms with Gasteiger partial charge in [0.05, 0.1) is 39.9 Å². The highest BCUT2D eigenvalue weighted by atomic mass is 35.5. The third kappa shape index (κ3) is 4.62. The Morgan fingerprint density at radius 1 is 1.20 bits per heavy atom. The minimum absolute atomic E-state index is 0.0273. The second kappa shape index (κ2) is 9.69. The molecule has 8 nitrogen and oxygen atoms in total. The van der Waals surface area contributed by atoms with E-state index in [1.165, 1.54) is 11.3 Å². The summed E-state index contributed by atoms with van der Waals surface area (Å²) in [6.07, 6.45) is 0. The van der Waals surface area contributed by atoms with Crippen molar-refractivity contribution in [3.63, 3.8) is 0 Å². The highest BCUT2D eigenvalue weighted by Crippen LogP contribution is 2.34. The number of nitrogens with zero attached hydrogens (tertiary/aromatic N) is 2. The Labute approximate surface area is 211 Å². The molecular weight excluding hydrogens is 490 g/mol. The van der Waals surface area contributed by atoms with Gasteiger partial charge in [0.15, 0.2) is 0 Å². The number of halogens is 1. The Bertz CT molecular complexity index is 1320. The van der Waals surface area contributed by atoms with Gasteiger partial charge in [-0.15, -0.1) is 11.3 Å². The first-order valence-corrected chi connectivity index (χ1v) is 12.2. The van der Waals surface area contributed by atoms with E-state index in [2.05, 4.69) is 5.32 Å². The first-order valence-electron chi connectivity index (χ1n) is 11.0. The number of carbonyl (C=O) groups is 3. The largest absolute Gasteiger partial charge is 0.495 e. The molecular formula is C25H22ClN3O5S. The zero-order valence-electron chi connectivity index (χ0n) is 18.9. The Morgan fingerprint density at radius 2 is 2.06 bits per heavy atom. The van der Waals surface area contributed by atoms with Crippen molar-refractivity contribution in [1.29, 1.82) is 0 Å². The van der Waals surface area contributed by atoms with Crippen LogP contribution in [0, 0.1) is 0 Å². The van der Waals surface area contributed by atoms with Crippen molar-refractivity contribution in [1.82, 2.24) is 4.90 Å². The molecule has 0 unspecified atom stereocenters. The maximum atomic E-state index is 13.4. The highest BCUT2D eigenvalue weighted by molar-refractivity contribution is 7.18. The number of methoxy groups -OCH3 is 1. The lowest BCUT2D eigenvalue weighted by atomic mass is 10.1. The summed E-state index contributed by atoms with van der Waals surface area (Å²) < 4.78 is 11.2. The van der Waals surface area contributed by atoms with Crippen molar-refractivity contribution in [2.45, 2.75) is 13.1 Å². The van der Waals surface area contributed by atoms with Crippen LogP contribution >= 0.6 is 22.9 Å². The van der Waals surface area contributed by atoms with Gasteiger partial charge in [0.25, 0.3) is 17.7 Å². The van der Waals surface area contributed by atoms with Gasteiger partial charge in [0.1, 0.15) is 12.4 Å². The van der Waals surface area contributed by atoms with E-state index in [0.717, 1.165) is 11.1 Å². The van der Waals surface area contributed by atoms with E-state index in [0.29, 0.717) is 58.1 Å². The van der Waals surface area contributed by atoms with E-state index in [1.807, 2.05) is 24.3 Å². The molecule has 2 aromatic carbocycles. The van der Waals surface area contributed by atoms with Gasteiger partial charge in [-0.25, -0.2) is 0 Å². The topological polar surface area (TPSA) is 88.2 Å². The summed E-state index contributed by atoms with van der Waals surface area (Å²) in [6, 6.07) is 14.3. The predicted octanol–water partition coefficient (Wildman–Crippen LogP) is 4.18. The van der Waals surface area contributed by atoms with Crippen molar-refractivity contribution in [3.05, 3.63) is 74.4 Å². The number of ether oxygens (including phenoxy) is 2. The van der Waals surface area contributed by atoms with Gasteiger partial charge in [-0.2, -0.15) is 0 Å². The van der Waals surface area contributed by atoms with E-state index in [4.69, 9.17) is 21.1 Å². The Morgan fingerprint density at radius 3 is 2.80 bits per heavy atom. The standard InChI is InChI=1S/C25H22ClN3O5S/c1-33-19-6-5-15(11-18(19)29-9-10-34-14-22(29)30)12-28-13-16-3-2-4-17(23(16)25(28)32)27-24(31)20-7-8-21(26)35-20/h2-8,11H,9-10,12-14H2,1H3,(H,27,31). The first kappa shape index (κ1) is 23.3. The molecule has 2 aliphatic rings. The average molecular weight is 512 g/mol. The fraction of sp³-hybridized carbons (Fsp3) is 0.240. The van der Waals surface area contributed by atoms with Crippen LogP contribution in [-0.4, -0.2) is 49.5 Å². The normalized spacial score (nSPS) is 15.4. The summed E-state index contributed by atoms with van der Waals surface area (Å²) in [5.74, 6) is -0.0288. The van der Waals surface area contributed by atoms with Gasteiger partial charge in [-0.1, -0.05) is 29.8 Å². The number of anilines is 2. The van der Waals surface area contributed by atoms with E-state index in [-0.39, 0.29) is 24.3 Å². The molecule has 5 rings (SSSR count). The predicted molar refractivity (Wildman–Crippen MR) is 133 cm³/mol. The number of rotatable bonds is 6. The zero-order valence-corrected chi connectivity index (χ0v) is 20.4. The molecule has 0 spiro atoms. The lowest BCUT2D eigenvalue weighted by Gasteiger charge is -2.29. The first-order chi connectivity index (χ1) is 16.9. The second-order valence-corrected chi connectivity index (χ2v) is 9.88. The monoisotopic (exact) mass is 511 g/mol. The number of hydrogen-bond donors (Lipinski definition) is 1. The fourth-order valence-electron chi connectivity index (χ4n) is 4.31. The van der Waals surface area contributed by atoms with Gasteiger partial charge in [-0.05, 0) is 41.5 Å². The van der Waals surface area contributed by atoms with Gasteiger partial charge >= 0.3 is 0 Å². The van der Waals surface area contributed by atoms with Gasteiger partial charge in [0.2, 0.25) is 0 Å². The Kier molecular flexibility index (Phi) is 6.46. The number of nitrogens with one attached hydrogen (secondary N) is 1. The Hall–Kier alpha value is -3.40. The van der Waals surface area contributed by atoms with Crippen LogP contribution in [0.2, 0.25) is 4.34 Å². The summed E-state index contributed by atoms with van der Waals surface area (Å²) in [4.78, 5) is 42.2. The van der Waals surface area contributed by atoms with Crippen LogP contribution in [0.15, 0.2) is 48.5 Å². The molecule has 3 aromatic rings. The third-order valence-corrected chi connectivity index (χ3v) is 7.18. The average Bonchev–Trinajstić information content (AvgIpc) is 3.43. The molecule has 0 atom stereocenters. The minimum Gasteiger partial charge on any atom is -0.495 e. The summed E-state index contributed by atoms with van der Waals surface area (Å²) in [5, 5.41) is 2.85. The van der Waals surface area contributed by atoms with Crippen LogP contribution in [0.3, 0.4) is 0 Å². The molecule has 1 N–H and O–H groups in total. The molecule has 0 aliphatic carbocycles. The fourth-order valence-corrected chi connectivity index (χ4v) is 5.25. The summed E-state index contributed by atoms with van der Waals surface area (Å²) >= 11 is 7.13. The van der Waals surface area contributed by atoms with Crippen molar-refractivity contribution in [2.75, 3.05) is 37.1 Å². The molecule has 2 aliphatic heterocycles. The molecule has 1 saturated heterocycles. The van der Waals surface area contributed by atoms with E-state index < -0.39 is 0 Å². The number of thiophene rings is 1. The molecule has 35 heavy (non-hydrogen) atoms. The minimum atomic E-state index is -0.309. The van der Waals surface area contributed by atoms with Crippen LogP contribution in [0.5, 0.6) is 5.75 Å². The number of carbonyl (C=O) groups excluding carboxylic acids is 3. The van der Waals surface area contributed by atoms with E-state index >= 15 is 0 Å². The maximum absolute atomic E-state index is 13.4. The molecule has 0 radical (unpaired) electrons. The highest BCUT2D eigenvalue weighted by Gasteiger charge is 2.31. The quantitative estimate of drug-likeness (QED) is 0.536. The number of amides is 3. The summed E-state index contributed by atoms with van der Waals surface area (Å²) in [5.41, 5.74) is 3.32. The lowest BCUT2D eigenvalue weighted by molar-refractivity contribution is -0.125. The number of hydrogen-bond acceptors (Lipinski definition) is 6. The van der Waals surface area contributed by atoms with Gasteiger partial charge in [0, 0.05) is 19.6 Å². The summed E-state index contributed by atoms with van der Waals surface area (Å²) in [6.45, 7) is 1.67. The molecule has 3 heterocycles.